The van der Waals surface area contributed by atoms with Gasteiger partial charge in [-0.15, -0.1) is 10.2 Å². The molecule has 0 aliphatic heterocycles. The zero-order valence-corrected chi connectivity index (χ0v) is 12.5. The van der Waals surface area contributed by atoms with Crippen LogP contribution in [-0.4, -0.2) is 16.4 Å². The van der Waals surface area contributed by atoms with E-state index in [9.17, 15) is 0 Å². The normalized spacial score (nSPS) is 11.1. The molecule has 0 saturated carbocycles. The molecule has 0 saturated heterocycles. The fourth-order valence-electron chi connectivity index (χ4n) is 1.92. The molecule has 0 amide bonds. The van der Waals surface area contributed by atoms with Gasteiger partial charge in [-0.2, -0.15) is 0 Å². The van der Waals surface area contributed by atoms with Crippen molar-refractivity contribution in [3.05, 3.63) is 76.3 Å². The highest BCUT2D eigenvalue weighted by molar-refractivity contribution is 7.15. The Balaban J connectivity index is 1.69. The summed E-state index contributed by atoms with van der Waals surface area (Å²) >= 11 is 1.53. The smallest absolute Gasteiger partial charge is 0.226 e. The van der Waals surface area contributed by atoms with Gasteiger partial charge in [0.2, 0.25) is 5.13 Å². The van der Waals surface area contributed by atoms with Crippen molar-refractivity contribution in [3.63, 3.8) is 0 Å². The summed E-state index contributed by atoms with van der Waals surface area (Å²) in [6, 6.07) is 18.5. The molecule has 0 aliphatic carbocycles. The third-order valence-electron chi connectivity index (χ3n) is 3.06. The fraction of sp³-hybridized carbons (Fsp3) is 0.118. The van der Waals surface area contributed by atoms with Crippen LogP contribution in [0.25, 0.3) is 0 Å². The Hall–Kier alpha value is -2.33. The number of hydrogen-bond donors (Lipinski definition) is 0. The van der Waals surface area contributed by atoms with Crippen LogP contribution < -0.4 is 0 Å². The number of nitrogens with zero attached hydrogens (tertiary/aromatic N) is 3. The molecule has 0 radical (unpaired) electrons. The molecule has 0 N–H and O–H groups in total. The van der Waals surface area contributed by atoms with E-state index in [1.54, 1.807) is 0 Å². The monoisotopic (exact) mass is 293 g/mol. The van der Waals surface area contributed by atoms with Gasteiger partial charge in [-0.05, 0) is 18.1 Å². The first-order valence-electron chi connectivity index (χ1n) is 6.77. The molecule has 0 spiro atoms. The Labute approximate surface area is 128 Å². The number of benzene rings is 2. The van der Waals surface area contributed by atoms with Gasteiger partial charge in [0.1, 0.15) is 5.01 Å². The quantitative estimate of drug-likeness (QED) is 0.677. The van der Waals surface area contributed by atoms with E-state index in [1.165, 1.54) is 22.5 Å². The van der Waals surface area contributed by atoms with Gasteiger partial charge in [0.15, 0.2) is 0 Å². The molecule has 0 fully saturated rings. The number of rotatable bonds is 4. The van der Waals surface area contributed by atoms with Crippen molar-refractivity contribution in [2.75, 3.05) is 0 Å². The molecule has 21 heavy (non-hydrogen) atoms. The summed E-state index contributed by atoms with van der Waals surface area (Å²) < 4.78 is 0. The van der Waals surface area contributed by atoms with E-state index in [1.807, 2.05) is 36.5 Å². The van der Waals surface area contributed by atoms with Crippen LogP contribution in [0.1, 0.15) is 21.7 Å². The lowest BCUT2D eigenvalue weighted by Gasteiger charge is -1.94. The summed E-state index contributed by atoms with van der Waals surface area (Å²) in [5.41, 5.74) is 3.55. The third-order valence-corrected chi connectivity index (χ3v) is 3.89. The van der Waals surface area contributed by atoms with Gasteiger partial charge in [-0.3, -0.25) is 0 Å². The van der Waals surface area contributed by atoms with E-state index in [0.717, 1.165) is 17.0 Å². The van der Waals surface area contributed by atoms with Crippen LogP contribution >= 0.6 is 11.3 Å². The maximum absolute atomic E-state index is 4.39. The highest BCUT2D eigenvalue weighted by Gasteiger charge is 2.03. The molecule has 3 nitrogen and oxygen atoms in total. The van der Waals surface area contributed by atoms with Crippen molar-refractivity contribution in [2.45, 2.75) is 13.3 Å². The zero-order valence-electron chi connectivity index (χ0n) is 11.7. The third kappa shape index (κ3) is 3.83. The number of aromatic nitrogens is 2. The van der Waals surface area contributed by atoms with Crippen molar-refractivity contribution in [1.29, 1.82) is 0 Å². The lowest BCUT2D eigenvalue weighted by molar-refractivity contribution is 1.00. The van der Waals surface area contributed by atoms with Crippen LogP contribution in [0.3, 0.4) is 0 Å². The van der Waals surface area contributed by atoms with E-state index in [4.69, 9.17) is 0 Å². The molecule has 4 heteroatoms. The van der Waals surface area contributed by atoms with Crippen molar-refractivity contribution < 1.29 is 0 Å². The number of hydrogen-bond acceptors (Lipinski definition) is 4. The lowest BCUT2D eigenvalue weighted by atomic mass is 10.2. The van der Waals surface area contributed by atoms with E-state index in [2.05, 4.69) is 46.4 Å². The number of aliphatic imine (C=N–C) groups is 1. The Morgan fingerprint density at radius 1 is 1.00 bits per heavy atom. The average Bonchev–Trinajstić information content (AvgIpc) is 2.95. The second kappa shape index (κ2) is 6.41. The van der Waals surface area contributed by atoms with Crippen molar-refractivity contribution >= 4 is 22.7 Å². The Kier molecular flexibility index (Phi) is 4.17. The summed E-state index contributed by atoms with van der Waals surface area (Å²) in [4.78, 5) is 4.39. The maximum Gasteiger partial charge on any atom is 0.231 e. The summed E-state index contributed by atoms with van der Waals surface area (Å²) in [5, 5.41) is 9.99. The van der Waals surface area contributed by atoms with Gasteiger partial charge in [0.05, 0.1) is 0 Å². The summed E-state index contributed by atoms with van der Waals surface area (Å²) in [5.74, 6) is 0. The highest BCUT2D eigenvalue weighted by atomic mass is 32.1. The summed E-state index contributed by atoms with van der Waals surface area (Å²) in [7, 11) is 0. The molecule has 1 heterocycles. The van der Waals surface area contributed by atoms with Gasteiger partial charge in [0.25, 0.3) is 0 Å². The first kappa shape index (κ1) is 13.6. The molecule has 104 valence electrons. The van der Waals surface area contributed by atoms with Crippen LogP contribution in [0.4, 0.5) is 5.13 Å². The number of aryl methyl sites for hydroxylation is 1. The molecular weight excluding hydrogens is 278 g/mol. The molecule has 0 bridgehead atoms. The summed E-state index contributed by atoms with van der Waals surface area (Å²) in [6.45, 7) is 2.07. The standard InChI is InChI=1S/C17H15N3S/c1-13-7-9-15(10-8-13)12-18-17-20-19-16(21-17)11-14-5-3-2-4-6-14/h2-10,12H,11H2,1H3. The minimum absolute atomic E-state index is 0.696. The molecule has 0 unspecified atom stereocenters. The average molecular weight is 293 g/mol. The molecule has 0 atom stereocenters. The van der Waals surface area contributed by atoms with Crippen molar-refractivity contribution in [3.8, 4) is 0 Å². The van der Waals surface area contributed by atoms with E-state index in [0.29, 0.717) is 5.13 Å². The van der Waals surface area contributed by atoms with Gasteiger partial charge in [0, 0.05) is 12.6 Å². The predicted molar refractivity (Wildman–Crippen MR) is 87.6 cm³/mol. The van der Waals surface area contributed by atoms with Gasteiger partial charge >= 0.3 is 0 Å². The summed E-state index contributed by atoms with van der Waals surface area (Å²) in [6.07, 6.45) is 2.63. The van der Waals surface area contributed by atoms with E-state index in [-0.39, 0.29) is 0 Å². The second-order valence-electron chi connectivity index (χ2n) is 4.81. The highest BCUT2D eigenvalue weighted by Crippen LogP contribution is 2.21. The molecule has 0 aliphatic rings. The second-order valence-corrected chi connectivity index (χ2v) is 5.85. The topological polar surface area (TPSA) is 38.1 Å². The van der Waals surface area contributed by atoms with Crippen LogP contribution in [-0.2, 0) is 6.42 Å². The minimum atomic E-state index is 0.696. The largest absolute Gasteiger partial charge is 0.231 e. The molecule has 2 aromatic carbocycles. The maximum atomic E-state index is 4.39. The molecule has 3 rings (SSSR count). The Bertz CT molecular complexity index is 730. The van der Waals surface area contributed by atoms with Crippen LogP contribution in [0, 0.1) is 6.92 Å². The SMILES string of the molecule is Cc1ccc(C=Nc2nnc(Cc3ccccc3)s2)cc1. The minimum Gasteiger partial charge on any atom is -0.226 e. The van der Waals surface area contributed by atoms with Crippen LogP contribution in [0.15, 0.2) is 59.6 Å². The van der Waals surface area contributed by atoms with Gasteiger partial charge in [-0.1, -0.05) is 71.5 Å². The zero-order chi connectivity index (χ0) is 14.5. The fourth-order valence-corrected chi connectivity index (χ4v) is 2.64. The molecule has 1 aromatic heterocycles. The molecule has 3 aromatic rings. The van der Waals surface area contributed by atoms with E-state index >= 15 is 0 Å². The van der Waals surface area contributed by atoms with Crippen LogP contribution in [0.5, 0.6) is 0 Å². The van der Waals surface area contributed by atoms with Crippen LogP contribution in [0.2, 0.25) is 0 Å². The van der Waals surface area contributed by atoms with Gasteiger partial charge in [-0.25, -0.2) is 4.99 Å². The van der Waals surface area contributed by atoms with Crippen molar-refractivity contribution in [2.24, 2.45) is 4.99 Å². The first-order chi connectivity index (χ1) is 10.3. The predicted octanol–water partition coefficient (Wildman–Crippen LogP) is 4.19. The van der Waals surface area contributed by atoms with Crippen molar-refractivity contribution in [1.82, 2.24) is 10.2 Å². The Morgan fingerprint density at radius 3 is 2.52 bits per heavy atom. The van der Waals surface area contributed by atoms with Gasteiger partial charge < -0.3 is 0 Å². The molecular formula is C17H15N3S. The first-order valence-corrected chi connectivity index (χ1v) is 7.58. The Morgan fingerprint density at radius 2 is 1.76 bits per heavy atom. The van der Waals surface area contributed by atoms with E-state index < -0.39 is 0 Å². The lowest BCUT2D eigenvalue weighted by Crippen LogP contribution is -1.85.